The first-order chi connectivity index (χ1) is 17.4. The molecule has 3 aromatic carbocycles. The van der Waals surface area contributed by atoms with Gasteiger partial charge in [0.1, 0.15) is 0 Å². The first-order valence-electron chi connectivity index (χ1n) is 10.9. The SMILES string of the molecule is COc1cc(CC(C(=O)c2ccc(N)cc2)=C(C(=O)O)c2ccc3c(c2)OCO3)cc(OC)c1OC. The van der Waals surface area contributed by atoms with Crippen molar-refractivity contribution in [1.82, 2.24) is 0 Å². The van der Waals surface area contributed by atoms with Crippen molar-refractivity contribution in [2.24, 2.45) is 0 Å². The van der Waals surface area contributed by atoms with Crippen molar-refractivity contribution in [3.8, 4) is 28.7 Å². The standard InChI is InChI=1S/C27H25NO8/c1-32-22-11-15(12-23(33-2)26(22)34-3)10-19(25(29)16-4-7-18(28)8-5-16)24(27(30)31)17-6-9-20-21(13-17)36-14-35-20/h4-9,11-13H,10,14,28H2,1-3H3,(H,30,31). The zero-order chi connectivity index (χ0) is 25.8. The Kier molecular flexibility index (Phi) is 7.00. The van der Waals surface area contributed by atoms with Crippen LogP contribution in [-0.4, -0.2) is 45.0 Å². The van der Waals surface area contributed by atoms with Crippen LogP contribution in [0, 0.1) is 0 Å². The molecule has 0 unspecified atom stereocenters. The summed E-state index contributed by atoms with van der Waals surface area (Å²) < 4.78 is 27.0. The number of nitrogen functional groups attached to an aromatic ring is 1. The molecule has 9 nitrogen and oxygen atoms in total. The van der Waals surface area contributed by atoms with Crippen LogP contribution in [0.5, 0.6) is 28.7 Å². The van der Waals surface area contributed by atoms with E-state index in [1.165, 1.54) is 21.3 Å². The monoisotopic (exact) mass is 491 g/mol. The highest BCUT2D eigenvalue weighted by atomic mass is 16.7. The molecule has 4 rings (SSSR count). The average molecular weight is 491 g/mol. The normalized spacial score (nSPS) is 12.5. The lowest BCUT2D eigenvalue weighted by Gasteiger charge is -2.17. The predicted octanol–water partition coefficient (Wildman–Crippen LogP) is 3.99. The van der Waals surface area contributed by atoms with Crippen molar-refractivity contribution in [2.45, 2.75) is 6.42 Å². The number of allylic oxidation sites excluding steroid dienone is 1. The third kappa shape index (κ3) is 4.76. The third-order valence-electron chi connectivity index (χ3n) is 5.73. The quantitative estimate of drug-likeness (QED) is 0.259. The molecule has 0 amide bonds. The number of nitrogens with two attached hydrogens (primary N) is 1. The number of carboxylic acids is 1. The molecule has 9 heteroatoms. The first-order valence-corrected chi connectivity index (χ1v) is 10.9. The van der Waals surface area contributed by atoms with Gasteiger partial charge in [-0.05, 0) is 59.7 Å². The predicted molar refractivity (Wildman–Crippen MR) is 132 cm³/mol. The molecule has 3 aromatic rings. The molecule has 0 saturated heterocycles. The fourth-order valence-corrected chi connectivity index (χ4v) is 4.01. The lowest BCUT2D eigenvalue weighted by molar-refractivity contribution is -0.130. The summed E-state index contributed by atoms with van der Waals surface area (Å²) in [6.07, 6.45) is -0.0317. The summed E-state index contributed by atoms with van der Waals surface area (Å²) >= 11 is 0. The second kappa shape index (κ2) is 10.3. The Morgan fingerprint density at radius 2 is 1.47 bits per heavy atom. The molecule has 3 N–H and O–H groups in total. The van der Waals surface area contributed by atoms with Crippen LogP contribution >= 0.6 is 0 Å². The maximum atomic E-state index is 13.7. The molecule has 0 aromatic heterocycles. The van der Waals surface area contributed by atoms with Gasteiger partial charge in [0, 0.05) is 23.2 Å². The lowest BCUT2D eigenvalue weighted by Crippen LogP contribution is -2.14. The number of anilines is 1. The van der Waals surface area contributed by atoms with Gasteiger partial charge < -0.3 is 34.5 Å². The van der Waals surface area contributed by atoms with Crippen LogP contribution in [0.1, 0.15) is 21.5 Å². The Bertz CT molecular complexity index is 1320. The maximum absolute atomic E-state index is 13.7. The van der Waals surface area contributed by atoms with E-state index in [9.17, 15) is 14.7 Å². The highest BCUT2D eigenvalue weighted by molar-refractivity contribution is 6.26. The van der Waals surface area contributed by atoms with Crippen LogP contribution in [-0.2, 0) is 11.2 Å². The summed E-state index contributed by atoms with van der Waals surface area (Å²) in [5.41, 5.74) is 7.35. The molecule has 0 radical (unpaired) electrons. The first kappa shape index (κ1) is 24.5. The number of hydrogen-bond acceptors (Lipinski definition) is 8. The van der Waals surface area contributed by atoms with Gasteiger partial charge in [0.2, 0.25) is 12.5 Å². The summed E-state index contributed by atoms with van der Waals surface area (Å²) in [5.74, 6) is 0.322. The topological polar surface area (TPSA) is 127 Å². The van der Waals surface area contributed by atoms with Crippen LogP contribution < -0.4 is 29.4 Å². The molecule has 0 fully saturated rings. The van der Waals surface area contributed by atoms with Crippen LogP contribution in [0.4, 0.5) is 5.69 Å². The number of Topliss-reactive ketones (excluding diaryl/α,β-unsaturated/α-hetero) is 1. The summed E-state index contributed by atoms with van der Waals surface area (Å²) in [6.45, 7) is 0.0353. The number of fused-ring (bicyclic) bond motifs is 1. The fourth-order valence-electron chi connectivity index (χ4n) is 4.01. The Morgan fingerprint density at radius 3 is 2.06 bits per heavy atom. The minimum absolute atomic E-state index is 0.0317. The van der Waals surface area contributed by atoms with Gasteiger partial charge in [-0.3, -0.25) is 4.79 Å². The van der Waals surface area contributed by atoms with Gasteiger partial charge in [0.15, 0.2) is 28.8 Å². The van der Waals surface area contributed by atoms with Crippen molar-refractivity contribution >= 4 is 23.0 Å². The van der Waals surface area contributed by atoms with Gasteiger partial charge in [0.25, 0.3) is 0 Å². The molecule has 1 heterocycles. The van der Waals surface area contributed by atoms with E-state index in [1.807, 2.05) is 0 Å². The molecule has 1 aliphatic rings. The molecule has 36 heavy (non-hydrogen) atoms. The van der Waals surface area contributed by atoms with Gasteiger partial charge in [-0.2, -0.15) is 0 Å². The summed E-state index contributed by atoms with van der Waals surface area (Å²) in [5, 5.41) is 10.3. The largest absolute Gasteiger partial charge is 0.493 e. The summed E-state index contributed by atoms with van der Waals surface area (Å²) in [4.78, 5) is 26.3. The lowest BCUT2D eigenvalue weighted by atomic mass is 9.89. The summed E-state index contributed by atoms with van der Waals surface area (Å²) in [7, 11) is 4.44. The molecule has 0 aliphatic carbocycles. The van der Waals surface area contributed by atoms with Crippen molar-refractivity contribution in [3.05, 3.63) is 76.9 Å². The second-order valence-electron chi connectivity index (χ2n) is 7.89. The average Bonchev–Trinajstić information content (AvgIpc) is 3.35. The smallest absolute Gasteiger partial charge is 0.336 e. The van der Waals surface area contributed by atoms with Crippen molar-refractivity contribution in [1.29, 1.82) is 0 Å². The van der Waals surface area contributed by atoms with E-state index in [4.69, 9.17) is 29.4 Å². The van der Waals surface area contributed by atoms with Crippen LogP contribution in [0.2, 0.25) is 0 Å². The van der Waals surface area contributed by atoms with Crippen molar-refractivity contribution in [2.75, 3.05) is 33.9 Å². The molecule has 0 saturated carbocycles. The van der Waals surface area contributed by atoms with Gasteiger partial charge in [-0.25, -0.2) is 4.79 Å². The zero-order valence-corrected chi connectivity index (χ0v) is 20.0. The minimum atomic E-state index is -1.26. The second-order valence-corrected chi connectivity index (χ2v) is 7.89. The van der Waals surface area contributed by atoms with E-state index in [2.05, 4.69) is 0 Å². The molecular formula is C27H25NO8. The van der Waals surface area contributed by atoms with E-state index in [0.29, 0.717) is 51.1 Å². The molecule has 1 aliphatic heterocycles. The van der Waals surface area contributed by atoms with Gasteiger partial charge in [0.05, 0.1) is 26.9 Å². The zero-order valence-electron chi connectivity index (χ0n) is 20.0. The Morgan fingerprint density at radius 1 is 0.861 bits per heavy atom. The molecule has 0 bridgehead atoms. The van der Waals surface area contributed by atoms with Gasteiger partial charge >= 0.3 is 5.97 Å². The molecule has 0 atom stereocenters. The molecular weight excluding hydrogens is 466 g/mol. The van der Waals surface area contributed by atoms with Crippen LogP contribution in [0.15, 0.2) is 60.2 Å². The van der Waals surface area contributed by atoms with Crippen molar-refractivity contribution in [3.63, 3.8) is 0 Å². The Hall–Kier alpha value is -4.66. The molecule has 0 spiro atoms. The number of benzene rings is 3. The number of aliphatic carboxylic acids is 1. The number of carboxylic acid groups (broad SMARTS) is 1. The highest BCUT2D eigenvalue weighted by Crippen LogP contribution is 2.40. The minimum Gasteiger partial charge on any atom is -0.493 e. The number of ketones is 1. The van der Waals surface area contributed by atoms with Crippen molar-refractivity contribution < 1.29 is 38.4 Å². The highest BCUT2D eigenvalue weighted by Gasteiger charge is 2.26. The van der Waals surface area contributed by atoms with Crippen LogP contribution in [0.25, 0.3) is 5.57 Å². The fraction of sp³-hybridized carbons (Fsp3) is 0.185. The van der Waals surface area contributed by atoms with Gasteiger partial charge in [-0.15, -0.1) is 0 Å². The van der Waals surface area contributed by atoms with E-state index in [0.717, 1.165) is 0 Å². The van der Waals surface area contributed by atoms with E-state index < -0.39 is 11.8 Å². The van der Waals surface area contributed by atoms with E-state index >= 15 is 0 Å². The molecule has 186 valence electrons. The summed E-state index contributed by atoms with van der Waals surface area (Å²) in [6, 6.07) is 14.4. The number of rotatable bonds is 9. The number of hydrogen-bond donors (Lipinski definition) is 2. The van der Waals surface area contributed by atoms with Crippen LogP contribution in [0.3, 0.4) is 0 Å². The Labute approximate surface area is 207 Å². The maximum Gasteiger partial charge on any atom is 0.336 e. The number of carbonyl (C=O) groups is 2. The van der Waals surface area contributed by atoms with E-state index in [-0.39, 0.29) is 24.4 Å². The number of methoxy groups -OCH3 is 3. The third-order valence-corrected chi connectivity index (χ3v) is 5.73. The van der Waals surface area contributed by atoms with Gasteiger partial charge in [-0.1, -0.05) is 6.07 Å². The number of carbonyl (C=O) groups excluding carboxylic acids is 1. The number of ether oxygens (including phenoxy) is 5. The Balaban J connectivity index is 1.91. The van der Waals surface area contributed by atoms with E-state index in [1.54, 1.807) is 54.6 Å².